The third kappa shape index (κ3) is 5.28. The lowest BCUT2D eigenvalue weighted by atomic mass is 10.1. The van der Waals surface area contributed by atoms with Crippen molar-refractivity contribution in [2.75, 3.05) is 16.8 Å². The highest BCUT2D eigenvalue weighted by Gasteiger charge is 2.20. The van der Waals surface area contributed by atoms with Crippen LogP contribution in [0.2, 0.25) is 0 Å². The summed E-state index contributed by atoms with van der Waals surface area (Å²) in [6.45, 7) is 4.51. The number of amides is 2. The van der Waals surface area contributed by atoms with Crippen molar-refractivity contribution in [3.63, 3.8) is 0 Å². The molecule has 0 radical (unpaired) electrons. The van der Waals surface area contributed by atoms with Gasteiger partial charge in [-0.3, -0.25) is 0 Å². The quantitative estimate of drug-likeness (QED) is 0.590. The van der Waals surface area contributed by atoms with Crippen molar-refractivity contribution >= 4 is 23.5 Å². The van der Waals surface area contributed by atoms with Crippen LogP contribution in [0.25, 0.3) is 0 Å². The number of nitrogens with zero attached hydrogens (tertiary/aromatic N) is 3. The summed E-state index contributed by atoms with van der Waals surface area (Å²) in [6.07, 6.45) is 2.39. The van der Waals surface area contributed by atoms with Gasteiger partial charge in [-0.15, -0.1) is 0 Å². The number of carbonyl (C=O) groups excluding carboxylic acids is 1. The smallest absolute Gasteiger partial charge is 0.327 e. The summed E-state index contributed by atoms with van der Waals surface area (Å²) in [4.78, 5) is 23.0. The number of aromatic nitrogens is 2. The molecule has 1 unspecified atom stereocenters. The average molecular weight is 393 g/mol. The summed E-state index contributed by atoms with van der Waals surface area (Å²) in [6, 6.07) is 17.0. The lowest BCUT2D eigenvalue weighted by Crippen LogP contribution is -2.37. The topological polar surface area (TPSA) is 70.2 Å². The Labute approximate surface area is 169 Å². The number of hydrogen-bond acceptors (Lipinski definition) is 4. The van der Waals surface area contributed by atoms with Gasteiger partial charge in [0.2, 0.25) is 5.95 Å². The molecule has 0 aliphatic rings. The summed E-state index contributed by atoms with van der Waals surface area (Å²) >= 11 is 0. The number of urea groups is 1. The Kier molecular flexibility index (Phi) is 6.73. The molecule has 2 amide bonds. The van der Waals surface area contributed by atoms with E-state index in [0.717, 1.165) is 12.0 Å². The second-order valence-corrected chi connectivity index (χ2v) is 6.56. The van der Waals surface area contributed by atoms with Gasteiger partial charge in [0.15, 0.2) is 0 Å². The standard InChI is InChI=1S/C22H24FN5O/c1-3-14-25-22(29)28(19-11-9-18(23)10-12-19)20-13-15-24-21(27-20)26-16(2)17-7-5-4-6-8-17/h4-13,15-16H,3,14H2,1-2H3,(H,25,29)(H,24,26,27). The number of anilines is 3. The van der Waals surface area contributed by atoms with Crippen LogP contribution < -0.4 is 15.5 Å². The summed E-state index contributed by atoms with van der Waals surface area (Å²) in [5.41, 5.74) is 1.61. The van der Waals surface area contributed by atoms with Crippen molar-refractivity contribution in [1.82, 2.24) is 15.3 Å². The van der Waals surface area contributed by atoms with Crippen LogP contribution in [0.4, 0.5) is 26.6 Å². The van der Waals surface area contributed by atoms with Crippen LogP contribution in [-0.2, 0) is 0 Å². The number of benzene rings is 2. The number of hydrogen-bond donors (Lipinski definition) is 2. The van der Waals surface area contributed by atoms with Gasteiger partial charge in [-0.2, -0.15) is 4.98 Å². The van der Waals surface area contributed by atoms with Crippen molar-refractivity contribution in [2.24, 2.45) is 0 Å². The predicted molar refractivity (Wildman–Crippen MR) is 113 cm³/mol. The molecule has 1 atom stereocenters. The SMILES string of the molecule is CCCNC(=O)N(c1ccc(F)cc1)c1ccnc(NC(C)c2ccccc2)n1. The van der Waals surface area contributed by atoms with E-state index in [2.05, 4.69) is 20.6 Å². The Morgan fingerprint density at radius 2 is 1.83 bits per heavy atom. The fraction of sp³-hybridized carbons (Fsp3) is 0.227. The van der Waals surface area contributed by atoms with Crippen molar-refractivity contribution in [3.8, 4) is 0 Å². The zero-order chi connectivity index (χ0) is 20.6. The Hall–Kier alpha value is -3.48. The molecule has 0 saturated carbocycles. The minimum absolute atomic E-state index is 0.0142. The van der Waals surface area contributed by atoms with Gasteiger partial charge in [-0.05, 0) is 43.2 Å². The molecule has 3 rings (SSSR count). The highest BCUT2D eigenvalue weighted by atomic mass is 19.1. The second-order valence-electron chi connectivity index (χ2n) is 6.56. The monoisotopic (exact) mass is 393 g/mol. The molecule has 0 bridgehead atoms. The highest BCUT2D eigenvalue weighted by molar-refractivity contribution is 5.98. The van der Waals surface area contributed by atoms with E-state index >= 15 is 0 Å². The third-order valence-electron chi connectivity index (χ3n) is 4.33. The van der Waals surface area contributed by atoms with Gasteiger partial charge >= 0.3 is 6.03 Å². The van der Waals surface area contributed by atoms with Crippen molar-refractivity contribution in [1.29, 1.82) is 0 Å². The molecule has 2 aromatic carbocycles. The Bertz CT molecular complexity index is 933. The van der Waals surface area contributed by atoms with Crippen LogP contribution in [0, 0.1) is 5.82 Å². The predicted octanol–water partition coefficient (Wildman–Crippen LogP) is 5.05. The zero-order valence-corrected chi connectivity index (χ0v) is 16.5. The maximum absolute atomic E-state index is 13.4. The summed E-state index contributed by atoms with van der Waals surface area (Å²) < 4.78 is 13.4. The van der Waals surface area contributed by atoms with Gasteiger partial charge in [0.05, 0.1) is 11.7 Å². The Balaban J connectivity index is 1.88. The van der Waals surface area contributed by atoms with E-state index in [1.807, 2.05) is 44.2 Å². The van der Waals surface area contributed by atoms with Crippen molar-refractivity contribution in [3.05, 3.63) is 78.2 Å². The molecule has 1 heterocycles. The molecular formula is C22H24FN5O. The van der Waals surface area contributed by atoms with E-state index in [1.165, 1.54) is 17.0 Å². The van der Waals surface area contributed by atoms with Gasteiger partial charge in [-0.25, -0.2) is 19.1 Å². The molecule has 150 valence electrons. The Morgan fingerprint density at radius 1 is 1.10 bits per heavy atom. The molecule has 6 nitrogen and oxygen atoms in total. The fourth-order valence-corrected chi connectivity index (χ4v) is 2.82. The first-order chi connectivity index (χ1) is 14.1. The lowest BCUT2D eigenvalue weighted by Gasteiger charge is -2.23. The summed E-state index contributed by atoms with van der Waals surface area (Å²) in [5.74, 6) is 0.418. The largest absolute Gasteiger partial charge is 0.348 e. The number of carbonyl (C=O) groups is 1. The van der Waals surface area contributed by atoms with Gasteiger partial charge in [0.25, 0.3) is 0 Å². The normalized spacial score (nSPS) is 11.6. The molecule has 1 aromatic heterocycles. The van der Waals surface area contributed by atoms with E-state index in [4.69, 9.17) is 0 Å². The first-order valence-electron chi connectivity index (χ1n) is 9.56. The Morgan fingerprint density at radius 3 is 2.52 bits per heavy atom. The van der Waals surface area contributed by atoms with Gasteiger partial charge in [0.1, 0.15) is 11.6 Å². The lowest BCUT2D eigenvalue weighted by molar-refractivity contribution is 0.248. The molecule has 0 fully saturated rings. The summed E-state index contributed by atoms with van der Waals surface area (Å²) in [5, 5.41) is 6.10. The van der Waals surface area contributed by atoms with Crippen LogP contribution in [-0.4, -0.2) is 22.5 Å². The molecule has 3 aromatic rings. The minimum atomic E-state index is -0.371. The fourth-order valence-electron chi connectivity index (χ4n) is 2.82. The number of nitrogens with one attached hydrogen (secondary N) is 2. The van der Waals surface area contributed by atoms with E-state index in [9.17, 15) is 9.18 Å². The van der Waals surface area contributed by atoms with Crippen LogP contribution in [0.15, 0.2) is 66.9 Å². The average Bonchev–Trinajstić information content (AvgIpc) is 2.75. The van der Waals surface area contributed by atoms with Gasteiger partial charge in [0, 0.05) is 18.8 Å². The molecular weight excluding hydrogens is 369 g/mol. The van der Waals surface area contributed by atoms with Crippen LogP contribution in [0.5, 0.6) is 0 Å². The van der Waals surface area contributed by atoms with Crippen molar-refractivity contribution < 1.29 is 9.18 Å². The molecule has 29 heavy (non-hydrogen) atoms. The third-order valence-corrected chi connectivity index (χ3v) is 4.33. The second kappa shape index (κ2) is 9.64. The van der Waals surface area contributed by atoms with Crippen LogP contribution in [0.1, 0.15) is 31.9 Å². The maximum atomic E-state index is 13.4. The van der Waals surface area contributed by atoms with Gasteiger partial charge < -0.3 is 10.6 Å². The number of rotatable bonds is 7. The zero-order valence-electron chi connectivity index (χ0n) is 16.5. The maximum Gasteiger partial charge on any atom is 0.327 e. The number of halogens is 1. The first-order valence-corrected chi connectivity index (χ1v) is 9.56. The van der Waals surface area contributed by atoms with Crippen LogP contribution in [0.3, 0.4) is 0 Å². The van der Waals surface area contributed by atoms with Crippen LogP contribution >= 0.6 is 0 Å². The molecule has 0 aliphatic heterocycles. The minimum Gasteiger partial charge on any atom is -0.348 e. The highest BCUT2D eigenvalue weighted by Crippen LogP contribution is 2.25. The first kappa shape index (κ1) is 20.3. The molecule has 0 spiro atoms. The van der Waals surface area contributed by atoms with Gasteiger partial charge in [-0.1, -0.05) is 37.3 Å². The molecule has 2 N–H and O–H groups in total. The molecule has 7 heteroatoms. The van der Waals surface area contributed by atoms with E-state index < -0.39 is 0 Å². The molecule has 0 saturated heterocycles. The van der Waals surface area contributed by atoms with E-state index in [1.54, 1.807) is 24.4 Å². The van der Waals surface area contributed by atoms with Crippen molar-refractivity contribution in [2.45, 2.75) is 26.3 Å². The van der Waals surface area contributed by atoms with E-state index in [0.29, 0.717) is 24.0 Å². The summed E-state index contributed by atoms with van der Waals surface area (Å²) in [7, 11) is 0. The molecule has 0 aliphatic carbocycles. The van der Waals surface area contributed by atoms with E-state index in [-0.39, 0.29) is 17.9 Å².